The number of piperazine rings is 1. The Morgan fingerprint density at radius 1 is 1.06 bits per heavy atom. The van der Waals surface area contributed by atoms with E-state index < -0.39 is 9.71 Å². The summed E-state index contributed by atoms with van der Waals surface area (Å²) in [6.45, 7) is 20.3. The summed E-state index contributed by atoms with van der Waals surface area (Å²) in [4.78, 5) is 21.7. The first-order chi connectivity index (χ1) is 25.7. The molecule has 0 aromatic heterocycles. The monoisotopic (exact) mass is 780 g/mol. The van der Waals surface area contributed by atoms with Crippen LogP contribution in [0, 0.1) is 17.8 Å². The number of amides is 1. The van der Waals surface area contributed by atoms with Gasteiger partial charge < -0.3 is 14.4 Å². The Labute approximate surface area is 330 Å². The lowest BCUT2D eigenvalue weighted by molar-refractivity contribution is -0.151. The Morgan fingerprint density at radius 3 is 2.59 bits per heavy atom. The number of anilines is 1. The molecule has 298 valence electrons. The average Bonchev–Trinajstić information content (AvgIpc) is 3.25. The average molecular weight is 782 g/mol. The number of rotatable bonds is 5. The smallest absolute Gasteiger partial charge is 0.262 e. The normalized spacial score (nSPS) is 35.4. The van der Waals surface area contributed by atoms with E-state index in [9.17, 15) is 9.00 Å². The van der Waals surface area contributed by atoms with Crippen molar-refractivity contribution in [1.29, 1.82) is 0 Å². The minimum Gasteiger partial charge on any atom is -0.490 e. The zero-order valence-corrected chi connectivity index (χ0v) is 35.3. The molecule has 8 nitrogen and oxygen atoms in total. The molecule has 54 heavy (non-hydrogen) atoms. The molecule has 1 unspecified atom stereocenters. The van der Waals surface area contributed by atoms with E-state index >= 15 is 0 Å². The Hall–Kier alpha value is -2.30. The minimum absolute atomic E-state index is 0.120. The van der Waals surface area contributed by atoms with E-state index in [0.717, 1.165) is 107 Å². The van der Waals surface area contributed by atoms with Crippen LogP contribution >= 0.6 is 11.6 Å². The Kier molecular flexibility index (Phi) is 11.8. The highest BCUT2D eigenvalue weighted by Gasteiger charge is 2.51. The number of nitrogens with zero attached hydrogens (tertiary/aromatic N) is 3. The quantitative estimate of drug-likeness (QED) is 0.314. The molecule has 8 atom stereocenters. The summed E-state index contributed by atoms with van der Waals surface area (Å²) in [6.07, 6.45) is 8.26. The van der Waals surface area contributed by atoms with Crippen molar-refractivity contribution in [3.63, 3.8) is 0 Å². The van der Waals surface area contributed by atoms with Crippen molar-refractivity contribution in [3.8, 4) is 5.75 Å². The lowest BCUT2D eigenvalue weighted by Crippen LogP contribution is -2.62. The Bertz CT molecular complexity index is 1790. The van der Waals surface area contributed by atoms with Gasteiger partial charge in [-0.3, -0.25) is 19.3 Å². The first kappa shape index (κ1) is 39.9. The van der Waals surface area contributed by atoms with Crippen LogP contribution in [0.5, 0.6) is 5.75 Å². The maximum atomic E-state index is 14.1. The fourth-order valence-electron chi connectivity index (χ4n) is 10.9. The van der Waals surface area contributed by atoms with Crippen molar-refractivity contribution in [2.45, 2.75) is 121 Å². The van der Waals surface area contributed by atoms with Crippen molar-refractivity contribution in [1.82, 2.24) is 14.5 Å². The number of fused-ring (bicyclic) bond motifs is 4. The summed E-state index contributed by atoms with van der Waals surface area (Å²) in [5.74, 6) is 5.53. The molecular formula is C44H65ClN4O4S. The van der Waals surface area contributed by atoms with Gasteiger partial charge >= 0.3 is 0 Å². The first-order valence-electron chi connectivity index (χ1n) is 20.8. The number of hydrogen-bond donors (Lipinski definition) is 1. The van der Waals surface area contributed by atoms with Gasteiger partial charge in [-0.15, -0.1) is 0 Å². The molecule has 0 radical (unpaired) electrons. The van der Waals surface area contributed by atoms with Gasteiger partial charge in [-0.1, -0.05) is 31.0 Å². The molecule has 5 aliphatic rings. The van der Waals surface area contributed by atoms with Gasteiger partial charge in [0.25, 0.3) is 5.91 Å². The van der Waals surface area contributed by atoms with Crippen molar-refractivity contribution in [3.05, 3.63) is 58.1 Å². The molecule has 2 aromatic carbocycles. The third-order valence-corrected chi connectivity index (χ3v) is 16.6. The Morgan fingerprint density at radius 2 is 1.87 bits per heavy atom. The van der Waals surface area contributed by atoms with Crippen LogP contribution in [0.4, 0.5) is 5.69 Å². The van der Waals surface area contributed by atoms with Crippen LogP contribution in [-0.2, 0) is 26.3 Å². The summed E-state index contributed by atoms with van der Waals surface area (Å²) in [7, 11) is -2.92. The van der Waals surface area contributed by atoms with E-state index in [1.54, 1.807) is 0 Å². The first-order valence-corrected chi connectivity index (χ1v) is 23.0. The van der Waals surface area contributed by atoms with E-state index in [2.05, 4.69) is 72.0 Å². The number of hydrogen-bond acceptors (Lipinski definition) is 7. The lowest BCUT2D eigenvalue weighted by atomic mass is 9.62. The van der Waals surface area contributed by atoms with Gasteiger partial charge in [-0.05, 0) is 145 Å². The number of nitrogens with one attached hydrogen (secondary N) is 1. The zero-order valence-electron chi connectivity index (χ0n) is 33.7. The number of carbonyl (C=O) groups is 1. The molecule has 2 aliphatic carbocycles. The SMILES string of the molecule is C=S1(=O)NC(=O)c2ccc3c(c2)N(C[C@@H]2CC[C@H]2[C@](CN2CCN(C(C)C)[C@H](C)C2)(OCC)CCC[C@H](C)[C@H]1C)C[C@@]1(CCCc2cc(Cl)ccc21)CO3. The summed E-state index contributed by atoms with van der Waals surface area (Å²) >= 11 is 6.54. The number of benzene rings is 2. The molecule has 2 fully saturated rings. The molecule has 1 saturated carbocycles. The maximum Gasteiger partial charge on any atom is 0.262 e. The summed E-state index contributed by atoms with van der Waals surface area (Å²) in [5, 5.41) is 0.497. The molecule has 1 amide bonds. The number of halogens is 1. The van der Waals surface area contributed by atoms with Crippen LogP contribution in [-0.4, -0.2) is 101 Å². The van der Waals surface area contributed by atoms with Crippen molar-refractivity contribution in [2.24, 2.45) is 17.8 Å². The van der Waals surface area contributed by atoms with Crippen LogP contribution in [0.3, 0.4) is 0 Å². The van der Waals surface area contributed by atoms with Gasteiger partial charge in [0.15, 0.2) is 0 Å². The molecule has 2 aromatic rings. The van der Waals surface area contributed by atoms with E-state index in [1.165, 1.54) is 11.1 Å². The van der Waals surface area contributed by atoms with Gasteiger partial charge in [0.1, 0.15) is 5.75 Å². The standard InChI is InChI=1S/C44H65ClN4O4S/c1-8-53-44(28-47-21-22-49(30(2)3)32(5)25-47)20-9-11-31(4)33(6)54(7,51)46-42(50)35-14-18-41-40(24-35)48(26-36-13-16-39(36)44)27-43(29-52-41)19-10-12-34-23-37(45)15-17-38(34)43/h14-15,17-18,23-24,30-33,36,39H,7-13,16,19-22,25-29H2,1-6H3,(H,46,50,51)/t31-,32+,33+,36-,39+,43-,44-,54?/m0/s1. The molecule has 10 heteroatoms. The predicted octanol–water partition coefficient (Wildman–Crippen LogP) is 7.60. The minimum atomic E-state index is -2.92. The molecule has 1 spiro atoms. The van der Waals surface area contributed by atoms with Crippen molar-refractivity contribution in [2.75, 3.05) is 57.4 Å². The summed E-state index contributed by atoms with van der Waals surface area (Å²) < 4.78 is 31.0. The van der Waals surface area contributed by atoms with Gasteiger partial charge in [-0.2, -0.15) is 0 Å². The number of aryl methyl sites for hydroxylation is 1. The van der Waals surface area contributed by atoms with Gasteiger partial charge in [0.05, 0.1) is 27.6 Å². The van der Waals surface area contributed by atoms with Crippen LogP contribution < -0.4 is 14.4 Å². The largest absolute Gasteiger partial charge is 0.490 e. The molecule has 3 aliphatic heterocycles. The second-order valence-electron chi connectivity index (χ2n) is 17.9. The van der Waals surface area contributed by atoms with Gasteiger partial charge in [0, 0.05) is 79.2 Å². The van der Waals surface area contributed by atoms with Crippen LogP contribution in [0.15, 0.2) is 36.4 Å². The van der Waals surface area contributed by atoms with E-state index in [0.29, 0.717) is 42.7 Å². The third kappa shape index (κ3) is 7.83. The van der Waals surface area contributed by atoms with Crippen LogP contribution in [0.25, 0.3) is 0 Å². The number of ether oxygens (including phenoxy) is 2. The van der Waals surface area contributed by atoms with Crippen molar-refractivity contribution < 1.29 is 18.5 Å². The zero-order chi connectivity index (χ0) is 38.4. The lowest BCUT2D eigenvalue weighted by Gasteiger charge is -2.54. The predicted molar refractivity (Wildman–Crippen MR) is 224 cm³/mol. The topological polar surface area (TPSA) is 74.4 Å². The highest BCUT2D eigenvalue weighted by atomic mass is 35.5. The second-order valence-corrected chi connectivity index (χ2v) is 20.7. The molecule has 7 rings (SSSR count). The molecule has 1 saturated heterocycles. The fourth-order valence-corrected chi connectivity index (χ4v) is 12.6. The Balaban J connectivity index is 1.29. The van der Waals surface area contributed by atoms with Crippen molar-refractivity contribution >= 4 is 38.8 Å². The molecule has 2 bridgehead atoms. The molecule has 3 heterocycles. The molecule has 1 N–H and O–H groups in total. The summed E-state index contributed by atoms with van der Waals surface area (Å²) in [6, 6.07) is 13.2. The second kappa shape index (κ2) is 15.9. The highest BCUT2D eigenvalue weighted by Crippen LogP contribution is 2.50. The maximum absolute atomic E-state index is 14.1. The third-order valence-electron chi connectivity index (χ3n) is 14.1. The van der Waals surface area contributed by atoms with Crippen LogP contribution in [0.2, 0.25) is 5.02 Å². The van der Waals surface area contributed by atoms with E-state index in [-0.39, 0.29) is 28.1 Å². The van der Waals surface area contributed by atoms with Crippen LogP contribution in [0.1, 0.15) is 108 Å². The fraction of sp³-hybridized carbons (Fsp3) is 0.682. The van der Waals surface area contributed by atoms with E-state index in [4.69, 9.17) is 21.1 Å². The van der Waals surface area contributed by atoms with E-state index in [1.807, 2.05) is 31.2 Å². The molecular weight excluding hydrogens is 716 g/mol. The summed E-state index contributed by atoms with van der Waals surface area (Å²) in [5.41, 5.74) is 3.58. The highest BCUT2D eigenvalue weighted by molar-refractivity contribution is 7.99. The van der Waals surface area contributed by atoms with Gasteiger partial charge in [-0.25, -0.2) is 4.21 Å². The number of carbonyl (C=O) groups excluding carboxylic acids is 1. The van der Waals surface area contributed by atoms with Gasteiger partial charge in [0.2, 0.25) is 0 Å².